The van der Waals surface area contributed by atoms with Gasteiger partial charge in [0.2, 0.25) is 10.0 Å². The van der Waals surface area contributed by atoms with Crippen molar-refractivity contribution in [2.45, 2.75) is 19.6 Å². The minimum absolute atomic E-state index is 0.126. The van der Waals surface area contributed by atoms with Crippen molar-refractivity contribution < 1.29 is 13.2 Å². The monoisotopic (exact) mass is 363 g/mol. The summed E-state index contributed by atoms with van der Waals surface area (Å²) in [5, 5.41) is 1.27. The number of likely N-dealkylation sites (tertiary alicyclic amines) is 1. The molecule has 0 spiro atoms. The normalized spacial score (nSPS) is 27.2. The molecule has 0 saturated carbocycles. The van der Waals surface area contributed by atoms with E-state index in [1.165, 1.54) is 16.5 Å². The number of hydrogen-bond donors (Lipinski definition) is 2. The molecule has 0 bridgehead atoms. The number of ether oxygens (including phenoxy) is 1. The molecular weight excluding hydrogens is 338 g/mol. The highest BCUT2D eigenvalue weighted by atomic mass is 32.2. The Balaban J connectivity index is 1.40. The zero-order valence-corrected chi connectivity index (χ0v) is 15.3. The molecule has 25 heavy (non-hydrogen) atoms. The summed E-state index contributed by atoms with van der Waals surface area (Å²) in [6.07, 6.45) is 2.20. The first-order valence-electron chi connectivity index (χ1n) is 8.92. The molecule has 4 rings (SSSR count). The Kier molecular flexibility index (Phi) is 4.58. The van der Waals surface area contributed by atoms with Gasteiger partial charge in [-0.05, 0) is 24.6 Å². The van der Waals surface area contributed by atoms with Crippen molar-refractivity contribution in [3.8, 4) is 0 Å². The summed E-state index contributed by atoms with van der Waals surface area (Å²) in [6.45, 7) is 5.59. The molecular formula is C18H25N3O3S. The fourth-order valence-corrected chi connectivity index (χ4v) is 4.76. The molecule has 2 fully saturated rings. The number of nitrogens with one attached hydrogen (secondary N) is 2. The van der Waals surface area contributed by atoms with Crippen LogP contribution in [0, 0.1) is 11.8 Å². The molecule has 2 aromatic rings. The molecule has 2 N–H and O–H groups in total. The number of fused-ring (bicyclic) bond motifs is 2. The third-order valence-electron chi connectivity index (χ3n) is 5.54. The minimum Gasteiger partial charge on any atom is -0.376 e. The first kappa shape index (κ1) is 17.0. The third kappa shape index (κ3) is 3.46. The molecule has 1 aromatic heterocycles. The second-order valence-corrected chi connectivity index (χ2v) is 9.19. The molecule has 0 aliphatic carbocycles. The Bertz CT molecular complexity index is 848. The van der Waals surface area contributed by atoms with Gasteiger partial charge in [-0.2, -0.15) is 0 Å². The predicted octanol–water partition coefficient (Wildman–Crippen LogP) is 1.55. The molecule has 0 unspecified atom stereocenters. The van der Waals surface area contributed by atoms with E-state index in [1.807, 2.05) is 6.20 Å². The average molecular weight is 363 g/mol. The summed E-state index contributed by atoms with van der Waals surface area (Å²) in [4.78, 5) is 5.69. The second kappa shape index (κ2) is 6.72. The first-order chi connectivity index (χ1) is 12.1. The zero-order chi connectivity index (χ0) is 17.4. The van der Waals surface area contributed by atoms with Crippen LogP contribution in [0.3, 0.4) is 0 Å². The van der Waals surface area contributed by atoms with Gasteiger partial charge in [0.1, 0.15) is 0 Å². The van der Waals surface area contributed by atoms with Gasteiger partial charge >= 0.3 is 0 Å². The van der Waals surface area contributed by atoms with Crippen LogP contribution in [0.5, 0.6) is 0 Å². The Morgan fingerprint density at radius 2 is 2.20 bits per heavy atom. The highest BCUT2D eigenvalue weighted by molar-refractivity contribution is 7.89. The number of sulfonamides is 1. The lowest BCUT2D eigenvalue weighted by Crippen LogP contribution is -2.34. The van der Waals surface area contributed by atoms with Gasteiger partial charge in [-0.1, -0.05) is 12.1 Å². The fourth-order valence-electron chi connectivity index (χ4n) is 4.08. The van der Waals surface area contributed by atoms with E-state index in [0.717, 1.165) is 19.6 Å². The van der Waals surface area contributed by atoms with E-state index >= 15 is 0 Å². The Morgan fingerprint density at radius 3 is 3.04 bits per heavy atom. The van der Waals surface area contributed by atoms with Gasteiger partial charge in [0.15, 0.2) is 0 Å². The Labute approximate surface area is 148 Å². The van der Waals surface area contributed by atoms with Crippen LogP contribution in [0.1, 0.15) is 12.5 Å². The summed E-state index contributed by atoms with van der Waals surface area (Å²) < 4.78 is 32.0. The number of benzene rings is 1. The van der Waals surface area contributed by atoms with Gasteiger partial charge in [-0.3, -0.25) is 4.90 Å². The summed E-state index contributed by atoms with van der Waals surface area (Å²) in [5.41, 5.74) is 2.49. The number of hydrogen-bond acceptors (Lipinski definition) is 4. The highest BCUT2D eigenvalue weighted by Gasteiger charge is 2.43. The van der Waals surface area contributed by atoms with Crippen LogP contribution in [-0.4, -0.2) is 56.4 Å². The van der Waals surface area contributed by atoms with Crippen LogP contribution in [-0.2, 0) is 21.3 Å². The maximum Gasteiger partial charge on any atom is 0.211 e. The van der Waals surface area contributed by atoms with Crippen LogP contribution < -0.4 is 4.72 Å². The largest absolute Gasteiger partial charge is 0.376 e. The van der Waals surface area contributed by atoms with Crippen LogP contribution in [0.15, 0.2) is 30.5 Å². The van der Waals surface area contributed by atoms with Gasteiger partial charge in [0.05, 0.1) is 18.5 Å². The number of H-pyrrole nitrogens is 1. The van der Waals surface area contributed by atoms with E-state index in [0.29, 0.717) is 19.1 Å². The number of rotatable bonds is 6. The maximum atomic E-state index is 11.7. The minimum atomic E-state index is -3.14. The Hall–Kier alpha value is -1.41. The van der Waals surface area contributed by atoms with Crippen molar-refractivity contribution in [2.24, 2.45) is 11.8 Å². The van der Waals surface area contributed by atoms with Crippen molar-refractivity contribution in [1.29, 1.82) is 0 Å². The van der Waals surface area contributed by atoms with Crippen LogP contribution >= 0.6 is 0 Å². The van der Waals surface area contributed by atoms with E-state index in [-0.39, 0.29) is 17.8 Å². The number of nitrogens with zero attached hydrogens (tertiary/aromatic N) is 1. The van der Waals surface area contributed by atoms with Crippen molar-refractivity contribution in [3.05, 3.63) is 36.0 Å². The van der Waals surface area contributed by atoms with E-state index in [4.69, 9.17) is 4.74 Å². The van der Waals surface area contributed by atoms with E-state index in [9.17, 15) is 8.42 Å². The molecule has 2 aliphatic heterocycles. The van der Waals surface area contributed by atoms with Crippen LogP contribution in [0.2, 0.25) is 0 Å². The topological polar surface area (TPSA) is 74.4 Å². The standard InChI is InChI=1S/C18H25N3O3S/c1-2-25(22,23)20-8-14-12-24-18-11-21(10-16(14)18)9-13-4-3-5-17-15(13)6-7-19-17/h3-7,14,16,18-20H,2,8-12H2,1H3/t14-,16+,18+/m0/s1. The molecule has 2 saturated heterocycles. The average Bonchev–Trinajstić information content (AvgIpc) is 3.29. The quantitative estimate of drug-likeness (QED) is 0.817. The fraction of sp³-hybridized carbons (Fsp3) is 0.556. The molecule has 7 heteroatoms. The van der Waals surface area contributed by atoms with Crippen molar-refractivity contribution in [1.82, 2.24) is 14.6 Å². The van der Waals surface area contributed by atoms with E-state index < -0.39 is 10.0 Å². The summed E-state index contributed by atoms with van der Waals surface area (Å²) in [7, 11) is -3.14. The van der Waals surface area contributed by atoms with Crippen LogP contribution in [0.25, 0.3) is 10.9 Å². The van der Waals surface area contributed by atoms with Gasteiger partial charge in [-0.15, -0.1) is 0 Å². The molecule has 136 valence electrons. The Morgan fingerprint density at radius 1 is 1.32 bits per heavy atom. The molecule has 0 radical (unpaired) electrons. The van der Waals surface area contributed by atoms with E-state index in [2.05, 4.69) is 38.9 Å². The first-order valence-corrected chi connectivity index (χ1v) is 10.6. The van der Waals surface area contributed by atoms with Crippen molar-refractivity contribution in [2.75, 3.05) is 32.0 Å². The van der Waals surface area contributed by atoms with Gasteiger partial charge < -0.3 is 9.72 Å². The third-order valence-corrected chi connectivity index (χ3v) is 6.91. The van der Waals surface area contributed by atoms with E-state index in [1.54, 1.807) is 6.92 Å². The van der Waals surface area contributed by atoms with Gasteiger partial charge in [0.25, 0.3) is 0 Å². The van der Waals surface area contributed by atoms with Gasteiger partial charge in [-0.25, -0.2) is 13.1 Å². The number of aromatic nitrogens is 1. The zero-order valence-electron chi connectivity index (χ0n) is 14.4. The van der Waals surface area contributed by atoms with Crippen LogP contribution in [0.4, 0.5) is 0 Å². The lowest BCUT2D eigenvalue weighted by atomic mass is 9.93. The molecule has 6 nitrogen and oxygen atoms in total. The smallest absolute Gasteiger partial charge is 0.211 e. The van der Waals surface area contributed by atoms with Gasteiger partial charge in [0, 0.05) is 55.1 Å². The highest BCUT2D eigenvalue weighted by Crippen LogP contribution is 2.34. The number of aromatic amines is 1. The SMILES string of the molecule is CCS(=O)(=O)NC[C@H]1CO[C@@H]2CN(Cc3cccc4[nH]ccc34)C[C@H]12. The van der Waals surface area contributed by atoms with Crippen molar-refractivity contribution >= 4 is 20.9 Å². The second-order valence-electron chi connectivity index (χ2n) is 7.10. The molecule has 1 aromatic carbocycles. The van der Waals surface area contributed by atoms with Crippen molar-refractivity contribution in [3.63, 3.8) is 0 Å². The lowest BCUT2D eigenvalue weighted by Gasteiger charge is -2.20. The molecule has 3 heterocycles. The predicted molar refractivity (Wildman–Crippen MR) is 97.8 cm³/mol. The summed E-state index contributed by atoms with van der Waals surface area (Å²) >= 11 is 0. The maximum absolute atomic E-state index is 11.7. The molecule has 0 amide bonds. The lowest BCUT2D eigenvalue weighted by molar-refractivity contribution is 0.0943. The molecule has 3 atom stereocenters. The molecule has 2 aliphatic rings. The summed E-state index contributed by atoms with van der Waals surface area (Å²) in [5.74, 6) is 0.797. The summed E-state index contributed by atoms with van der Waals surface area (Å²) in [6, 6.07) is 8.48.